The van der Waals surface area contributed by atoms with Crippen LogP contribution >= 0.6 is 11.6 Å². The van der Waals surface area contributed by atoms with Crippen LogP contribution in [-0.2, 0) is 10.0 Å². The van der Waals surface area contributed by atoms with Crippen molar-refractivity contribution in [1.82, 2.24) is 0 Å². The minimum absolute atomic E-state index is 0.109. The Hall–Kier alpha value is -2.83. The van der Waals surface area contributed by atoms with Crippen molar-refractivity contribution in [3.05, 3.63) is 87.9 Å². The molecule has 150 valence electrons. The maximum Gasteiger partial charge on any atom is 0.261 e. The largest absolute Gasteiger partial charge is 0.322 e. The normalized spacial score (nSPS) is 11.2. The second-order valence-electron chi connectivity index (χ2n) is 6.81. The summed E-state index contributed by atoms with van der Waals surface area (Å²) in [5, 5.41) is 3.39. The van der Waals surface area contributed by atoms with Crippen LogP contribution in [0.25, 0.3) is 0 Å². The number of hydrogen-bond donors (Lipinski definition) is 2. The van der Waals surface area contributed by atoms with E-state index in [0.29, 0.717) is 21.8 Å². The van der Waals surface area contributed by atoms with Gasteiger partial charge in [-0.25, -0.2) is 8.42 Å². The lowest BCUT2D eigenvalue weighted by atomic mass is 10.1. The number of aryl methyl sites for hydroxylation is 3. The van der Waals surface area contributed by atoms with Gasteiger partial charge in [0.1, 0.15) is 0 Å². The van der Waals surface area contributed by atoms with Gasteiger partial charge in [-0.05, 0) is 79.9 Å². The number of para-hydroxylation sites is 1. The van der Waals surface area contributed by atoms with E-state index in [1.54, 1.807) is 25.1 Å². The number of benzene rings is 3. The van der Waals surface area contributed by atoms with E-state index in [9.17, 15) is 13.2 Å². The number of carbonyl (C=O) groups is 1. The van der Waals surface area contributed by atoms with Crippen molar-refractivity contribution in [3.8, 4) is 0 Å². The van der Waals surface area contributed by atoms with E-state index in [0.717, 1.165) is 16.8 Å². The van der Waals surface area contributed by atoms with E-state index in [1.165, 1.54) is 24.3 Å². The molecule has 0 radical (unpaired) electrons. The molecule has 0 aromatic heterocycles. The number of anilines is 2. The van der Waals surface area contributed by atoms with Crippen molar-refractivity contribution in [2.75, 3.05) is 10.0 Å². The average Bonchev–Trinajstić information content (AvgIpc) is 2.66. The molecule has 3 aromatic carbocycles. The van der Waals surface area contributed by atoms with Crippen molar-refractivity contribution in [1.29, 1.82) is 0 Å². The van der Waals surface area contributed by atoms with E-state index < -0.39 is 10.0 Å². The van der Waals surface area contributed by atoms with E-state index >= 15 is 0 Å². The molecule has 0 aliphatic carbocycles. The summed E-state index contributed by atoms with van der Waals surface area (Å²) in [5.74, 6) is -0.252. The van der Waals surface area contributed by atoms with Crippen LogP contribution in [0, 0.1) is 20.8 Å². The summed E-state index contributed by atoms with van der Waals surface area (Å²) >= 11 is 5.82. The molecule has 0 bridgehead atoms. The van der Waals surface area contributed by atoms with Crippen molar-refractivity contribution in [3.63, 3.8) is 0 Å². The van der Waals surface area contributed by atoms with Crippen LogP contribution < -0.4 is 10.0 Å². The fraction of sp³-hybridized carbons (Fsp3) is 0.136. The third kappa shape index (κ3) is 4.78. The van der Waals surface area contributed by atoms with Crippen LogP contribution in [-0.4, -0.2) is 14.3 Å². The third-order valence-corrected chi connectivity index (χ3v) is 6.21. The van der Waals surface area contributed by atoms with E-state index in [1.807, 2.05) is 32.0 Å². The van der Waals surface area contributed by atoms with Crippen LogP contribution in [0.1, 0.15) is 27.0 Å². The lowest BCUT2D eigenvalue weighted by Crippen LogP contribution is -2.16. The summed E-state index contributed by atoms with van der Waals surface area (Å²) in [5.41, 5.74) is 4.22. The molecule has 5 nitrogen and oxygen atoms in total. The molecule has 7 heteroatoms. The molecule has 29 heavy (non-hydrogen) atoms. The Bertz CT molecular complexity index is 1150. The highest BCUT2D eigenvalue weighted by Gasteiger charge is 2.16. The van der Waals surface area contributed by atoms with Gasteiger partial charge in [0.25, 0.3) is 15.9 Å². The number of carbonyl (C=O) groups excluding carboxylic acids is 1. The van der Waals surface area contributed by atoms with Gasteiger partial charge in [-0.3, -0.25) is 9.52 Å². The molecular formula is C22H21ClN2O3S. The summed E-state index contributed by atoms with van der Waals surface area (Å²) in [6, 6.07) is 16.5. The van der Waals surface area contributed by atoms with Crippen LogP contribution in [0.2, 0.25) is 5.02 Å². The number of hydrogen-bond acceptors (Lipinski definition) is 3. The molecule has 0 fully saturated rings. The monoisotopic (exact) mass is 428 g/mol. The van der Waals surface area contributed by atoms with E-state index in [2.05, 4.69) is 10.0 Å². The molecule has 0 saturated carbocycles. The highest BCUT2D eigenvalue weighted by Crippen LogP contribution is 2.24. The highest BCUT2D eigenvalue weighted by atomic mass is 35.5. The standard InChI is InChI=1S/C22H21ClN2O3S/c1-14-5-4-6-15(2)21(14)24-22(26)17-7-12-20(16(3)13-17)25-29(27,28)19-10-8-18(23)9-11-19/h4-13,25H,1-3H3,(H,24,26). The van der Waals surface area contributed by atoms with Crippen LogP contribution in [0.15, 0.2) is 65.6 Å². The molecule has 0 unspecified atom stereocenters. The van der Waals surface area contributed by atoms with Crippen molar-refractivity contribution in [2.45, 2.75) is 25.7 Å². The summed E-state index contributed by atoms with van der Waals surface area (Å²) in [7, 11) is -3.75. The Morgan fingerprint density at radius 2 is 1.48 bits per heavy atom. The number of amides is 1. The molecule has 0 spiro atoms. The SMILES string of the molecule is Cc1cc(C(=O)Nc2c(C)cccc2C)ccc1NS(=O)(=O)c1ccc(Cl)cc1. The van der Waals surface area contributed by atoms with Gasteiger partial charge in [-0.1, -0.05) is 29.8 Å². The molecule has 0 aliphatic heterocycles. The molecule has 0 heterocycles. The topological polar surface area (TPSA) is 75.3 Å². The average molecular weight is 429 g/mol. The van der Waals surface area contributed by atoms with Gasteiger partial charge in [0.05, 0.1) is 10.6 Å². The Balaban J connectivity index is 1.81. The predicted octanol–water partition coefficient (Wildman–Crippen LogP) is 5.32. The predicted molar refractivity (Wildman–Crippen MR) is 117 cm³/mol. The zero-order valence-electron chi connectivity index (χ0n) is 16.3. The first-order chi connectivity index (χ1) is 13.7. The van der Waals surface area contributed by atoms with Gasteiger partial charge in [0.2, 0.25) is 0 Å². The first-order valence-corrected chi connectivity index (χ1v) is 10.8. The van der Waals surface area contributed by atoms with E-state index in [4.69, 9.17) is 11.6 Å². The maximum atomic E-state index is 12.7. The zero-order valence-corrected chi connectivity index (χ0v) is 17.9. The Labute approximate surface area is 175 Å². The van der Waals surface area contributed by atoms with Crippen LogP contribution in [0.5, 0.6) is 0 Å². The van der Waals surface area contributed by atoms with Gasteiger partial charge in [0, 0.05) is 16.3 Å². The lowest BCUT2D eigenvalue weighted by Gasteiger charge is -2.14. The van der Waals surface area contributed by atoms with Gasteiger partial charge in [-0.2, -0.15) is 0 Å². The highest BCUT2D eigenvalue weighted by molar-refractivity contribution is 7.92. The summed E-state index contributed by atoms with van der Waals surface area (Å²) < 4.78 is 27.7. The fourth-order valence-electron chi connectivity index (χ4n) is 2.93. The van der Waals surface area contributed by atoms with Crippen LogP contribution in [0.3, 0.4) is 0 Å². The lowest BCUT2D eigenvalue weighted by molar-refractivity contribution is 0.102. The first kappa shape index (κ1) is 20.9. The van der Waals surface area contributed by atoms with E-state index in [-0.39, 0.29) is 10.8 Å². The summed E-state index contributed by atoms with van der Waals surface area (Å²) in [6.45, 7) is 5.61. The van der Waals surface area contributed by atoms with Crippen LogP contribution in [0.4, 0.5) is 11.4 Å². The number of rotatable bonds is 5. The van der Waals surface area contributed by atoms with Gasteiger partial charge in [-0.15, -0.1) is 0 Å². The second kappa shape index (κ2) is 8.27. The maximum absolute atomic E-state index is 12.7. The number of nitrogens with one attached hydrogen (secondary N) is 2. The van der Waals surface area contributed by atoms with Crippen molar-refractivity contribution >= 4 is 38.9 Å². The minimum Gasteiger partial charge on any atom is -0.322 e. The Morgan fingerprint density at radius 3 is 2.07 bits per heavy atom. The molecular weight excluding hydrogens is 408 g/mol. The third-order valence-electron chi connectivity index (χ3n) is 4.58. The molecule has 0 saturated heterocycles. The summed E-state index contributed by atoms with van der Waals surface area (Å²) in [4.78, 5) is 12.8. The quantitative estimate of drug-likeness (QED) is 0.577. The molecule has 0 aliphatic rings. The minimum atomic E-state index is -3.75. The van der Waals surface area contributed by atoms with Crippen molar-refractivity contribution < 1.29 is 13.2 Å². The number of sulfonamides is 1. The van der Waals surface area contributed by atoms with Crippen molar-refractivity contribution in [2.24, 2.45) is 0 Å². The summed E-state index contributed by atoms with van der Waals surface area (Å²) in [6.07, 6.45) is 0. The molecule has 1 amide bonds. The Morgan fingerprint density at radius 1 is 0.862 bits per heavy atom. The zero-order chi connectivity index (χ0) is 21.2. The first-order valence-electron chi connectivity index (χ1n) is 8.94. The molecule has 0 atom stereocenters. The smallest absolute Gasteiger partial charge is 0.261 e. The molecule has 3 rings (SSSR count). The molecule has 2 N–H and O–H groups in total. The Kier molecular flexibility index (Phi) is 5.96. The fourth-order valence-corrected chi connectivity index (χ4v) is 4.19. The van der Waals surface area contributed by atoms with Gasteiger partial charge in [0.15, 0.2) is 0 Å². The second-order valence-corrected chi connectivity index (χ2v) is 8.93. The molecule has 3 aromatic rings. The number of halogens is 1. The van der Waals surface area contributed by atoms with Gasteiger partial charge < -0.3 is 5.32 Å². The van der Waals surface area contributed by atoms with Gasteiger partial charge >= 0.3 is 0 Å².